The highest BCUT2D eigenvalue weighted by molar-refractivity contribution is 5.86. The molecule has 0 saturated carbocycles. The van der Waals surface area contributed by atoms with Crippen molar-refractivity contribution in [3.05, 3.63) is 0 Å². The van der Waals surface area contributed by atoms with Crippen LogP contribution in [0.4, 0.5) is 0 Å². The molecule has 0 amide bonds. The molecule has 0 aromatic heterocycles. The summed E-state index contributed by atoms with van der Waals surface area (Å²) in [6.07, 6.45) is 38.1. The maximum Gasteiger partial charge on any atom is 0.316 e. The van der Waals surface area contributed by atoms with Crippen molar-refractivity contribution in [3.8, 4) is 0 Å². The van der Waals surface area contributed by atoms with Gasteiger partial charge in [-0.25, -0.2) is 0 Å². The number of carbonyl (C=O) groups is 2. The van der Waals surface area contributed by atoms with Crippen molar-refractivity contribution < 1.29 is 14.3 Å². The maximum atomic E-state index is 12.8. The predicted octanol–water partition coefficient (Wildman–Crippen LogP) is 13.9. The number of hydrogen-bond acceptors (Lipinski definition) is 3. The number of carbonyl (C=O) groups excluding carboxylic acids is 2. The van der Waals surface area contributed by atoms with Crippen LogP contribution in [0.15, 0.2) is 0 Å². The molecular formula is C40H78O3. The van der Waals surface area contributed by atoms with Crippen molar-refractivity contribution in [1.82, 2.24) is 0 Å². The van der Waals surface area contributed by atoms with Crippen LogP contribution >= 0.6 is 0 Å². The van der Waals surface area contributed by atoms with Gasteiger partial charge in [0.2, 0.25) is 0 Å². The summed E-state index contributed by atoms with van der Waals surface area (Å²) in [5.41, 5.74) is 0.610. The van der Waals surface area contributed by atoms with E-state index in [0.29, 0.717) is 11.8 Å². The molecule has 0 rings (SSSR count). The van der Waals surface area contributed by atoms with E-state index in [0.717, 1.165) is 44.9 Å². The Balaban J connectivity index is 4.22. The molecule has 0 aromatic rings. The van der Waals surface area contributed by atoms with E-state index < -0.39 is 0 Å². The predicted molar refractivity (Wildman–Crippen MR) is 189 cm³/mol. The van der Waals surface area contributed by atoms with Crippen LogP contribution in [-0.4, -0.2) is 11.9 Å². The lowest BCUT2D eigenvalue weighted by Gasteiger charge is -2.35. The number of unbranched alkanes of at least 4 members (excludes halogenated alkanes) is 18. The minimum Gasteiger partial charge on any atom is -0.393 e. The first kappa shape index (κ1) is 42.1. The summed E-state index contributed by atoms with van der Waals surface area (Å²) >= 11 is 0. The highest BCUT2D eigenvalue weighted by atomic mass is 16.6. The van der Waals surface area contributed by atoms with E-state index >= 15 is 0 Å². The fourth-order valence-corrected chi connectivity index (χ4v) is 6.84. The Kier molecular flexibility index (Phi) is 30.5. The smallest absolute Gasteiger partial charge is 0.316 e. The fourth-order valence-electron chi connectivity index (χ4n) is 6.84. The van der Waals surface area contributed by atoms with Gasteiger partial charge < -0.3 is 4.74 Å². The molecule has 0 aliphatic heterocycles. The molecule has 0 fully saturated rings. The van der Waals surface area contributed by atoms with E-state index in [-0.39, 0.29) is 17.9 Å². The van der Waals surface area contributed by atoms with Gasteiger partial charge in [0, 0.05) is 6.42 Å². The quantitative estimate of drug-likeness (QED) is 0.0424. The van der Waals surface area contributed by atoms with Gasteiger partial charge in [0.05, 0.1) is 5.92 Å². The van der Waals surface area contributed by atoms with Gasteiger partial charge in [-0.2, -0.15) is 0 Å². The average molecular weight is 607 g/mol. The molecule has 0 aromatic carbocycles. The molecule has 1 atom stereocenters. The molecule has 3 nitrogen and oxygen atoms in total. The first-order chi connectivity index (χ1) is 21.0. The first-order valence-electron chi connectivity index (χ1n) is 19.7. The summed E-state index contributed by atoms with van der Waals surface area (Å²) in [7, 11) is 0. The molecule has 256 valence electrons. The second kappa shape index (κ2) is 31.1. The molecule has 1 unspecified atom stereocenters. The molecule has 43 heavy (non-hydrogen) atoms. The molecule has 0 aliphatic rings. The second-order valence-electron chi connectivity index (χ2n) is 14.0. The first-order valence-corrected chi connectivity index (χ1v) is 19.7. The topological polar surface area (TPSA) is 43.4 Å². The lowest BCUT2D eigenvalue weighted by molar-refractivity contribution is -0.163. The van der Waals surface area contributed by atoms with E-state index in [4.69, 9.17) is 4.74 Å². The molecule has 3 heteroatoms. The summed E-state index contributed by atoms with van der Waals surface area (Å²) in [6.45, 7) is 11.5. The molecule has 0 radical (unpaired) electrons. The van der Waals surface area contributed by atoms with E-state index in [1.807, 2.05) is 0 Å². The van der Waals surface area contributed by atoms with Crippen LogP contribution in [0.5, 0.6) is 0 Å². The normalized spacial score (nSPS) is 12.5. The summed E-state index contributed by atoms with van der Waals surface area (Å²) < 4.78 is 5.33. The molecule has 0 bridgehead atoms. The van der Waals surface area contributed by atoms with Crippen LogP contribution in [0.3, 0.4) is 0 Å². The van der Waals surface area contributed by atoms with Gasteiger partial charge >= 0.3 is 11.9 Å². The Morgan fingerprint density at radius 2 is 0.814 bits per heavy atom. The maximum absolute atomic E-state index is 12.8. The second-order valence-corrected chi connectivity index (χ2v) is 14.0. The molecule has 0 N–H and O–H groups in total. The van der Waals surface area contributed by atoms with E-state index in [9.17, 15) is 9.59 Å². The highest BCUT2D eigenvalue weighted by Crippen LogP contribution is 2.41. The third-order valence-corrected chi connectivity index (χ3v) is 9.88. The number of rotatable bonds is 33. The molecular weight excluding hydrogens is 528 g/mol. The lowest BCUT2D eigenvalue weighted by Crippen LogP contribution is -2.21. The highest BCUT2D eigenvalue weighted by Gasteiger charge is 2.27. The van der Waals surface area contributed by atoms with Crippen molar-refractivity contribution in [2.45, 2.75) is 234 Å². The summed E-state index contributed by atoms with van der Waals surface area (Å²) in [5, 5.41) is 0. The van der Waals surface area contributed by atoms with Gasteiger partial charge in [0.1, 0.15) is 0 Å². The Morgan fingerprint density at radius 3 is 1.30 bits per heavy atom. The van der Waals surface area contributed by atoms with E-state index in [1.165, 1.54) is 148 Å². The number of hydrogen-bond donors (Lipinski definition) is 0. The van der Waals surface area contributed by atoms with Gasteiger partial charge in [-0.05, 0) is 50.4 Å². The average Bonchev–Trinajstić information content (AvgIpc) is 3.01. The van der Waals surface area contributed by atoms with Crippen LogP contribution in [0.2, 0.25) is 0 Å². The molecule has 0 heterocycles. The van der Waals surface area contributed by atoms with Crippen LogP contribution in [0, 0.1) is 11.3 Å². The van der Waals surface area contributed by atoms with Crippen LogP contribution < -0.4 is 0 Å². The van der Waals surface area contributed by atoms with Crippen molar-refractivity contribution in [2.75, 3.05) is 0 Å². The van der Waals surface area contributed by atoms with Crippen molar-refractivity contribution >= 4 is 11.9 Å². The van der Waals surface area contributed by atoms with E-state index in [1.54, 1.807) is 0 Å². The Morgan fingerprint density at radius 1 is 0.442 bits per heavy atom. The zero-order chi connectivity index (χ0) is 31.9. The zero-order valence-corrected chi connectivity index (χ0v) is 30.2. The van der Waals surface area contributed by atoms with Crippen LogP contribution in [0.25, 0.3) is 0 Å². The third kappa shape index (κ3) is 25.1. The summed E-state index contributed by atoms with van der Waals surface area (Å²) in [6, 6.07) is 0. The van der Waals surface area contributed by atoms with Gasteiger partial charge in [-0.3, -0.25) is 9.59 Å². The standard InChI is InChI=1S/C40H78O3/c1-6-11-16-17-18-19-22-25-28-32-38(41)43-39(42)37(30-12-7-2)31-27-24-21-20-23-26-29-36-40(33-13-8-3,34-14-9-4)35-15-10-5/h37H,6-36H2,1-5H3. The van der Waals surface area contributed by atoms with Gasteiger partial charge in [-0.1, -0.05) is 182 Å². The fraction of sp³-hybridized carbons (Fsp3) is 0.950. The van der Waals surface area contributed by atoms with Gasteiger partial charge in [-0.15, -0.1) is 0 Å². The monoisotopic (exact) mass is 607 g/mol. The Hall–Kier alpha value is -0.860. The Labute approximate surface area is 270 Å². The van der Waals surface area contributed by atoms with Crippen molar-refractivity contribution in [1.29, 1.82) is 0 Å². The summed E-state index contributed by atoms with van der Waals surface area (Å²) in [4.78, 5) is 25.1. The zero-order valence-electron chi connectivity index (χ0n) is 30.2. The van der Waals surface area contributed by atoms with Crippen molar-refractivity contribution in [3.63, 3.8) is 0 Å². The number of ether oxygens (including phenoxy) is 1. The number of esters is 2. The third-order valence-electron chi connectivity index (χ3n) is 9.88. The molecule has 0 spiro atoms. The van der Waals surface area contributed by atoms with Crippen molar-refractivity contribution in [2.24, 2.45) is 11.3 Å². The minimum atomic E-state index is -0.308. The minimum absolute atomic E-state index is 0.102. The van der Waals surface area contributed by atoms with E-state index in [2.05, 4.69) is 34.6 Å². The SMILES string of the molecule is CCCCCCCCCCCC(=O)OC(=O)C(CCCC)CCCCCCCCCC(CCCC)(CCCC)CCCC. The summed E-state index contributed by atoms with van der Waals surface area (Å²) in [5.74, 6) is -0.667. The molecule has 0 aliphatic carbocycles. The van der Waals surface area contributed by atoms with Gasteiger partial charge in [0.15, 0.2) is 0 Å². The Bertz CT molecular complexity index is 591. The van der Waals surface area contributed by atoms with Crippen LogP contribution in [-0.2, 0) is 14.3 Å². The largest absolute Gasteiger partial charge is 0.393 e. The van der Waals surface area contributed by atoms with Gasteiger partial charge in [0.25, 0.3) is 0 Å². The lowest BCUT2D eigenvalue weighted by atomic mass is 9.71. The van der Waals surface area contributed by atoms with Crippen LogP contribution in [0.1, 0.15) is 234 Å². The molecule has 0 saturated heterocycles.